The Bertz CT molecular complexity index is 296. The van der Waals surface area contributed by atoms with Crippen molar-refractivity contribution in [3.05, 3.63) is 21.3 Å². The zero-order chi connectivity index (χ0) is 21.5. The summed E-state index contributed by atoms with van der Waals surface area (Å²) in [5.41, 5.74) is 0.0678. The summed E-state index contributed by atoms with van der Waals surface area (Å²) >= 11 is 0. The second-order valence-corrected chi connectivity index (χ2v) is 9.62. The Morgan fingerprint density at radius 2 is 1.07 bits per heavy atom. The normalized spacial score (nSPS) is 13.9. The van der Waals surface area contributed by atoms with Gasteiger partial charge in [0, 0.05) is 16.8 Å². The van der Waals surface area contributed by atoms with E-state index in [1.807, 2.05) is 0 Å². The third-order valence-electron chi connectivity index (χ3n) is 3.94. The van der Waals surface area contributed by atoms with E-state index < -0.39 is 0 Å². The number of hydrogen-bond acceptors (Lipinski definition) is 0. The molecule has 0 aliphatic rings. The van der Waals surface area contributed by atoms with Crippen LogP contribution in [-0.4, -0.2) is 43.4 Å². The average Bonchev–Trinajstić information content (AvgIpc) is 2.53. The topological polar surface area (TPSA) is 56.4 Å². The van der Waals surface area contributed by atoms with Gasteiger partial charge in [-0.2, -0.15) is 0 Å². The summed E-state index contributed by atoms with van der Waals surface area (Å²) in [6.45, 7) is 26.4. The predicted octanol–water partition coefficient (Wildman–Crippen LogP) is 7.89. The minimum Gasteiger partial charge on any atom is -0.678 e. The van der Waals surface area contributed by atoms with Crippen molar-refractivity contribution in [1.82, 2.24) is 0 Å². The van der Waals surface area contributed by atoms with Crippen LogP contribution < -0.4 is 0 Å². The van der Waals surface area contributed by atoms with Crippen LogP contribution in [0, 0.1) is 11.8 Å². The molecule has 0 bridgehead atoms. The van der Waals surface area contributed by atoms with Gasteiger partial charge in [-0.1, -0.05) is 107 Å². The molecule has 0 aromatic heterocycles. The Morgan fingerprint density at radius 3 is 1.32 bits per heavy atom. The third kappa shape index (κ3) is 26.3. The van der Waals surface area contributed by atoms with Crippen LogP contribution >= 0.6 is 0 Å². The van der Waals surface area contributed by atoms with Crippen LogP contribution in [0.25, 0.3) is 21.3 Å². The van der Waals surface area contributed by atoms with Crippen molar-refractivity contribution < 1.29 is 16.8 Å². The molecule has 5 heteroatoms. The Hall–Kier alpha value is 0.346. The van der Waals surface area contributed by atoms with Gasteiger partial charge >= 0.3 is 0 Å². The molecule has 175 valence electrons. The van der Waals surface area contributed by atoms with Crippen molar-refractivity contribution in [2.45, 2.75) is 119 Å². The van der Waals surface area contributed by atoms with E-state index in [0.29, 0.717) is 36.6 Å². The first kappa shape index (κ1) is 33.0. The monoisotopic (exact) mass is 441 g/mol. The Balaban J connectivity index is -0.000000489. The summed E-state index contributed by atoms with van der Waals surface area (Å²) < 4.78 is 0. The van der Waals surface area contributed by atoms with Crippen LogP contribution in [0.3, 0.4) is 0 Å². The molecular weight excluding hydrogens is 391 g/mol. The van der Waals surface area contributed by atoms with Crippen molar-refractivity contribution in [3.63, 3.8) is 0 Å². The zero-order valence-electron chi connectivity index (χ0n) is 20.8. The van der Waals surface area contributed by atoms with Gasteiger partial charge < -0.3 is 21.3 Å². The average molecular weight is 442 g/mol. The van der Waals surface area contributed by atoms with E-state index >= 15 is 0 Å². The first-order valence-corrected chi connectivity index (χ1v) is 11.1. The largest absolute Gasteiger partial charge is 0.678 e. The smallest absolute Gasteiger partial charge is 0 e. The summed E-state index contributed by atoms with van der Waals surface area (Å²) in [4.78, 5) is 0. The van der Waals surface area contributed by atoms with E-state index in [2.05, 4.69) is 86.8 Å². The van der Waals surface area contributed by atoms with Gasteiger partial charge in [-0.15, -0.1) is 36.8 Å². The molecule has 0 N–H and O–H groups in total. The van der Waals surface area contributed by atoms with E-state index in [4.69, 9.17) is 10.6 Å². The molecule has 0 saturated heterocycles. The Morgan fingerprint density at radius 1 is 0.679 bits per heavy atom. The van der Waals surface area contributed by atoms with E-state index in [-0.39, 0.29) is 22.3 Å². The van der Waals surface area contributed by atoms with Crippen molar-refractivity contribution >= 4 is 0 Å². The molecule has 1 radical (unpaired) electrons. The fraction of sp³-hybridized carbons (Fsp3) is 1.00. The maximum absolute atomic E-state index is 4.80. The molecule has 0 spiro atoms. The quantitative estimate of drug-likeness (QED) is 0.279. The SMILES string of the molecule is CC(C)[N-]C[N-]C(C)(C)C.CCC(CC(CC)[N-]CC(C)C)[N-]CC(C)C.[Co]. The molecule has 28 heavy (non-hydrogen) atoms. The molecule has 0 fully saturated rings. The molecule has 0 aliphatic heterocycles. The summed E-state index contributed by atoms with van der Waals surface area (Å²) in [7, 11) is 0. The second-order valence-electron chi connectivity index (χ2n) is 9.62. The third-order valence-corrected chi connectivity index (χ3v) is 3.94. The van der Waals surface area contributed by atoms with E-state index in [1.165, 1.54) is 0 Å². The van der Waals surface area contributed by atoms with Gasteiger partial charge in [0.15, 0.2) is 0 Å². The van der Waals surface area contributed by atoms with Gasteiger partial charge in [0.25, 0.3) is 0 Å². The molecule has 0 aromatic rings. The maximum Gasteiger partial charge on any atom is 0 e. The van der Waals surface area contributed by atoms with Gasteiger partial charge in [-0.25, -0.2) is 0 Å². The van der Waals surface area contributed by atoms with Crippen molar-refractivity contribution in [2.24, 2.45) is 11.8 Å². The molecule has 0 rings (SSSR count). The van der Waals surface area contributed by atoms with Crippen LogP contribution in [0.15, 0.2) is 0 Å². The summed E-state index contributed by atoms with van der Waals surface area (Å²) in [6, 6.07) is 1.43. The minimum absolute atomic E-state index is 0. The van der Waals surface area contributed by atoms with E-state index in [0.717, 1.165) is 32.4 Å². The van der Waals surface area contributed by atoms with Gasteiger partial charge in [0.1, 0.15) is 0 Å². The summed E-state index contributed by atoms with van der Waals surface area (Å²) in [5, 5.41) is 18.2. The fourth-order valence-electron chi connectivity index (χ4n) is 2.19. The fourth-order valence-corrected chi connectivity index (χ4v) is 2.19. The van der Waals surface area contributed by atoms with Gasteiger partial charge in [-0.3, -0.25) is 6.67 Å². The standard InChI is InChI=1S/C15H32N2.C8H18N2.Co/c1-7-14(16-10-12(3)4)9-15(8-2)17-11-13(5)6;1-7(2)9-6-10-8(3,4)5;/h12-15H,7-11H2,1-6H3;7H,6H2,1-5H3;/q2*-2;. The summed E-state index contributed by atoms with van der Waals surface area (Å²) in [5.74, 6) is 1.36. The van der Waals surface area contributed by atoms with Crippen molar-refractivity contribution in [1.29, 1.82) is 0 Å². The van der Waals surface area contributed by atoms with Crippen LogP contribution in [0.4, 0.5) is 0 Å². The first-order valence-electron chi connectivity index (χ1n) is 11.1. The molecule has 0 saturated carbocycles. The Kier molecular flexibility index (Phi) is 22.8. The van der Waals surface area contributed by atoms with E-state index in [9.17, 15) is 0 Å². The van der Waals surface area contributed by atoms with Crippen LogP contribution in [0.1, 0.15) is 95.4 Å². The second kappa shape index (κ2) is 19.3. The molecule has 0 heterocycles. The molecule has 0 aromatic carbocycles. The molecule has 2 atom stereocenters. The van der Waals surface area contributed by atoms with Crippen LogP contribution in [0.2, 0.25) is 0 Å². The predicted molar refractivity (Wildman–Crippen MR) is 125 cm³/mol. The van der Waals surface area contributed by atoms with Crippen LogP contribution in [-0.2, 0) is 16.8 Å². The Labute approximate surface area is 188 Å². The number of hydrogen-bond donors (Lipinski definition) is 0. The number of nitrogens with zero attached hydrogens (tertiary/aromatic N) is 4. The molecule has 0 amide bonds. The first-order chi connectivity index (χ1) is 12.4. The van der Waals surface area contributed by atoms with E-state index in [1.54, 1.807) is 0 Å². The molecule has 4 nitrogen and oxygen atoms in total. The zero-order valence-corrected chi connectivity index (χ0v) is 21.8. The maximum atomic E-state index is 4.80. The van der Waals surface area contributed by atoms with Gasteiger partial charge in [0.2, 0.25) is 0 Å². The summed E-state index contributed by atoms with van der Waals surface area (Å²) in [6.07, 6.45) is 3.45. The van der Waals surface area contributed by atoms with Gasteiger partial charge in [-0.05, 0) is 0 Å². The van der Waals surface area contributed by atoms with Crippen molar-refractivity contribution in [2.75, 3.05) is 19.8 Å². The van der Waals surface area contributed by atoms with Gasteiger partial charge in [0.05, 0.1) is 0 Å². The molecule has 2 unspecified atom stereocenters. The van der Waals surface area contributed by atoms with Crippen LogP contribution in [0.5, 0.6) is 0 Å². The minimum atomic E-state index is 0. The molecule has 0 aliphatic carbocycles. The van der Waals surface area contributed by atoms with Crippen molar-refractivity contribution in [3.8, 4) is 0 Å². The number of rotatable bonds is 13. The molecular formula is C23H50CoN4-4.